The quantitative estimate of drug-likeness (QED) is 0.481. The highest BCUT2D eigenvalue weighted by atomic mass is 31.2. The largest absolute Gasteiger partial charge is 0.368 e. The second-order valence-electron chi connectivity index (χ2n) is 4.09. The molecule has 0 radical (unpaired) electrons. The van der Waals surface area contributed by atoms with Crippen LogP contribution in [-0.2, 0) is 27.2 Å². The Balaban J connectivity index is 5.17. The summed E-state index contributed by atoms with van der Waals surface area (Å²) in [7, 11) is -6.22. The molecule has 0 heterocycles. The summed E-state index contributed by atoms with van der Waals surface area (Å²) < 4.78 is 45.9. The zero-order chi connectivity index (χ0) is 15.6. The fraction of sp³-hybridized carbons (Fsp3) is 0.833. The van der Waals surface area contributed by atoms with Crippen molar-refractivity contribution in [3.05, 3.63) is 11.6 Å². The van der Waals surface area contributed by atoms with Gasteiger partial charge in [-0.05, 0) is 19.3 Å². The maximum atomic E-state index is 12.7. The molecule has 0 aromatic carbocycles. The third kappa shape index (κ3) is 5.80. The first-order valence-electron chi connectivity index (χ1n) is 6.79. The van der Waals surface area contributed by atoms with E-state index in [0.717, 1.165) is 0 Å². The van der Waals surface area contributed by atoms with Gasteiger partial charge in [0.25, 0.3) is 0 Å². The Hall–Kier alpha value is 0.0400. The third-order valence-corrected chi connectivity index (χ3v) is 7.05. The molecule has 0 aromatic heterocycles. The van der Waals surface area contributed by atoms with Gasteiger partial charge < -0.3 is 18.1 Å². The molecule has 20 heavy (non-hydrogen) atoms. The van der Waals surface area contributed by atoms with Gasteiger partial charge in [-0.25, -0.2) is 0 Å². The minimum atomic E-state index is -3.73. The highest BCUT2D eigenvalue weighted by Gasteiger charge is 2.43. The van der Waals surface area contributed by atoms with Crippen LogP contribution >= 0.6 is 15.2 Å². The summed E-state index contributed by atoms with van der Waals surface area (Å²) in [5, 5.41) is -0.233. The van der Waals surface area contributed by atoms with Gasteiger partial charge in [-0.1, -0.05) is 27.4 Å². The Kier molecular flexibility index (Phi) is 9.90. The SMILES string of the molecule is C=C(P(=O)(OC)OCCC)P(=O)(OCCC)OCCC. The highest BCUT2D eigenvalue weighted by molar-refractivity contribution is 7.78. The molecule has 8 heteroatoms. The molecule has 1 atom stereocenters. The first-order valence-corrected chi connectivity index (χ1v) is 9.88. The monoisotopic (exact) mass is 328 g/mol. The summed E-state index contributed by atoms with van der Waals surface area (Å²) in [6.45, 7) is 9.86. The Bertz CT molecular complexity index is 370. The van der Waals surface area contributed by atoms with E-state index in [1.54, 1.807) is 0 Å². The molecule has 0 saturated carbocycles. The van der Waals surface area contributed by atoms with Crippen LogP contribution in [0.3, 0.4) is 0 Å². The van der Waals surface area contributed by atoms with E-state index in [4.69, 9.17) is 18.1 Å². The van der Waals surface area contributed by atoms with Crippen LogP contribution in [0.25, 0.3) is 0 Å². The zero-order valence-electron chi connectivity index (χ0n) is 12.8. The molecule has 0 rings (SSSR count). The molecule has 0 spiro atoms. The van der Waals surface area contributed by atoms with Crippen LogP contribution < -0.4 is 0 Å². The predicted octanol–water partition coefficient (Wildman–Crippen LogP) is 4.77. The van der Waals surface area contributed by atoms with Gasteiger partial charge in [0.1, 0.15) is 5.06 Å². The predicted molar refractivity (Wildman–Crippen MR) is 80.1 cm³/mol. The van der Waals surface area contributed by atoms with Crippen molar-refractivity contribution in [1.82, 2.24) is 0 Å². The van der Waals surface area contributed by atoms with Gasteiger partial charge in [-0.3, -0.25) is 9.13 Å². The van der Waals surface area contributed by atoms with Crippen LogP contribution in [0.4, 0.5) is 0 Å². The Morgan fingerprint density at radius 3 is 1.50 bits per heavy atom. The lowest BCUT2D eigenvalue weighted by atomic mass is 10.5. The minimum absolute atomic E-state index is 0.214. The Labute approximate surface area is 121 Å². The summed E-state index contributed by atoms with van der Waals surface area (Å²) in [5.41, 5.74) is 0. The molecule has 0 aliphatic heterocycles. The molecule has 6 nitrogen and oxygen atoms in total. The molecule has 1 unspecified atom stereocenters. The van der Waals surface area contributed by atoms with Crippen molar-refractivity contribution in [2.45, 2.75) is 40.0 Å². The van der Waals surface area contributed by atoms with Crippen molar-refractivity contribution >= 4 is 15.2 Å². The third-order valence-electron chi connectivity index (χ3n) is 2.27. The average molecular weight is 328 g/mol. The first kappa shape index (κ1) is 20.0. The van der Waals surface area contributed by atoms with Crippen LogP contribution in [0.1, 0.15) is 40.0 Å². The van der Waals surface area contributed by atoms with Gasteiger partial charge in [-0.15, -0.1) is 0 Å². The van der Waals surface area contributed by atoms with Gasteiger partial charge >= 0.3 is 15.2 Å². The molecule has 0 amide bonds. The lowest BCUT2D eigenvalue weighted by Gasteiger charge is -2.24. The van der Waals surface area contributed by atoms with Crippen molar-refractivity contribution in [3.8, 4) is 0 Å². The van der Waals surface area contributed by atoms with E-state index in [2.05, 4.69) is 6.58 Å². The molecule has 120 valence electrons. The van der Waals surface area contributed by atoms with E-state index >= 15 is 0 Å². The molecular formula is C12H26O6P2. The van der Waals surface area contributed by atoms with E-state index in [0.29, 0.717) is 19.3 Å². The van der Waals surface area contributed by atoms with Gasteiger partial charge in [0.15, 0.2) is 0 Å². The number of rotatable bonds is 12. The summed E-state index contributed by atoms with van der Waals surface area (Å²) in [4.78, 5) is 0. The van der Waals surface area contributed by atoms with Crippen LogP contribution in [0.2, 0.25) is 0 Å². The molecule has 0 aromatic rings. The molecule has 0 saturated heterocycles. The fourth-order valence-electron chi connectivity index (χ4n) is 1.20. The molecule has 0 N–H and O–H groups in total. The zero-order valence-corrected chi connectivity index (χ0v) is 14.6. The summed E-state index contributed by atoms with van der Waals surface area (Å²) in [5.74, 6) is 0. The van der Waals surface area contributed by atoms with E-state index in [1.165, 1.54) is 7.11 Å². The van der Waals surface area contributed by atoms with Crippen molar-refractivity contribution in [3.63, 3.8) is 0 Å². The van der Waals surface area contributed by atoms with Crippen molar-refractivity contribution in [1.29, 1.82) is 0 Å². The Morgan fingerprint density at radius 1 is 0.850 bits per heavy atom. The van der Waals surface area contributed by atoms with Gasteiger partial charge in [-0.2, -0.15) is 0 Å². The number of hydrogen-bond donors (Lipinski definition) is 0. The van der Waals surface area contributed by atoms with Gasteiger partial charge in [0.2, 0.25) is 0 Å². The maximum Gasteiger partial charge on any atom is 0.368 e. The fourth-order valence-corrected chi connectivity index (χ4v) is 5.27. The first-order chi connectivity index (χ1) is 9.40. The minimum Gasteiger partial charge on any atom is -0.308 e. The second kappa shape index (κ2) is 9.88. The van der Waals surface area contributed by atoms with Crippen molar-refractivity contribution in [2.24, 2.45) is 0 Å². The second-order valence-corrected chi connectivity index (χ2v) is 8.66. The topological polar surface area (TPSA) is 71.1 Å². The van der Waals surface area contributed by atoms with Crippen LogP contribution in [0, 0.1) is 0 Å². The number of hydrogen-bond acceptors (Lipinski definition) is 6. The van der Waals surface area contributed by atoms with Crippen LogP contribution in [0.5, 0.6) is 0 Å². The van der Waals surface area contributed by atoms with Gasteiger partial charge in [0.05, 0.1) is 19.8 Å². The molecule has 0 aliphatic carbocycles. The lowest BCUT2D eigenvalue weighted by Crippen LogP contribution is -2.04. The highest BCUT2D eigenvalue weighted by Crippen LogP contribution is 2.72. The average Bonchev–Trinajstić information content (AvgIpc) is 2.47. The smallest absolute Gasteiger partial charge is 0.308 e. The van der Waals surface area contributed by atoms with E-state index in [-0.39, 0.29) is 24.9 Å². The molecule has 0 aliphatic rings. The van der Waals surface area contributed by atoms with E-state index in [9.17, 15) is 9.13 Å². The van der Waals surface area contributed by atoms with Crippen molar-refractivity contribution < 1.29 is 27.2 Å². The maximum absolute atomic E-state index is 12.7. The molecule has 0 fully saturated rings. The van der Waals surface area contributed by atoms with Gasteiger partial charge in [0, 0.05) is 7.11 Å². The summed E-state index contributed by atoms with van der Waals surface area (Å²) >= 11 is 0. The van der Waals surface area contributed by atoms with E-state index < -0.39 is 15.2 Å². The lowest BCUT2D eigenvalue weighted by molar-refractivity contribution is 0.206. The standard InChI is InChI=1S/C12H26O6P2/c1-6-9-16-19(13,15-5)12(4)20(14,17-10-7-2)18-11-8-3/h4,6-11H2,1-3,5H3. The van der Waals surface area contributed by atoms with Crippen LogP contribution in [-0.4, -0.2) is 26.9 Å². The molecular weight excluding hydrogens is 302 g/mol. The normalized spacial score (nSPS) is 15.0. The van der Waals surface area contributed by atoms with Crippen molar-refractivity contribution in [2.75, 3.05) is 26.9 Å². The van der Waals surface area contributed by atoms with Crippen LogP contribution in [0.15, 0.2) is 11.6 Å². The Morgan fingerprint density at radius 2 is 1.20 bits per heavy atom. The summed E-state index contributed by atoms with van der Waals surface area (Å²) in [6, 6.07) is 0. The summed E-state index contributed by atoms with van der Waals surface area (Å²) in [6.07, 6.45) is 1.95. The van der Waals surface area contributed by atoms with E-state index in [1.807, 2.05) is 20.8 Å². The molecule has 0 bridgehead atoms.